The highest BCUT2D eigenvalue weighted by Crippen LogP contribution is 2.58. The van der Waals surface area contributed by atoms with Crippen LogP contribution in [0.1, 0.15) is 67.4 Å². The average molecular weight is 627 g/mol. The van der Waals surface area contributed by atoms with Crippen LogP contribution in [-0.4, -0.2) is 57.1 Å². The fourth-order valence-corrected chi connectivity index (χ4v) is 8.67. The second-order valence-electron chi connectivity index (χ2n) is 13.4. The highest BCUT2D eigenvalue weighted by atomic mass is 19.4. The van der Waals surface area contributed by atoms with Crippen molar-refractivity contribution in [3.8, 4) is 17.1 Å². The number of halogens is 3. The SMILES string of the molecule is Cn1nc(-c2ccc(C(=O)NC3(C(=O)O)C4CC5CC(C4)CC3C5)c(C(F)(F)F)n2)c2ccc(OCCC3CCOCC3)cc21. The second kappa shape index (κ2) is 11.3. The molecule has 0 spiro atoms. The number of benzene rings is 1. The molecule has 9 nitrogen and oxygen atoms in total. The van der Waals surface area contributed by atoms with E-state index in [4.69, 9.17) is 9.47 Å². The van der Waals surface area contributed by atoms with Gasteiger partial charge in [0, 0.05) is 31.7 Å². The van der Waals surface area contributed by atoms with Crippen molar-refractivity contribution < 1.29 is 37.3 Å². The van der Waals surface area contributed by atoms with Gasteiger partial charge in [0.15, 0.2) is 5.69 Å². The minimum atomic E-state index is -4.96. The molecule has 2 N–H and O–H groups in total. The summed E-state index contributed by atoms with van der Waals surface area (Å²) in [5, 5.41) is 18.0. The topological polar surface area (TPSA) is 116 Å². The van der Waals surface area contributed by atoms with E-state index in [1.54, 1.807) is 29.9 Å². The highest BCUT2D eigenvalue weighted by Gasteiger charge is 2.62. The molecule has 0 atom stereocenters. The van der Waals surface area contributed by atoms with Crippen LogP contribution in [0.4, 0.5) is 13.2 Å². The number of carboxylic acids is 1. The van der Waals surface area contributed by atoms with E-state index in [2.05, 4.69) is 15.4 Å². The van der Waals surface area contributed by atoms with Gasteiger partial charge in [-0.25, -0.2) is 9.78 Å². The number of carbonyl (C=O) groups is 2. The number of aryl methyl sites for hydroxylation is 1. The third-order valence-corrected chi connectivity index (χ3v) is 10.7. The maximum atomic E-state index is 14.4. The first-order chi connectivity index (χ1) is 21.5. The van der Waals surface area contributed by atoms with Gasteiger partial charge in [0.05, 0.1) is 23.4 Å². The van der Waals surface area contributed by atoms with Gasteiger partial charge in [0.1, 0.15) is 17.0 Å². The Hall–Kier alpha value is -3.67. The van der Waals surface area contributed by atoms with Crippen molar-refractivity contribution in [3.63, 3.8) is 0 Å². The Morgan fingerprint density at radius 1 is 1.07 bits per heavy atom. The van der Waals surface area contributed by atoms with Crippen LogP contribution in [0.15, 0.2) is 30.3 Å². The van der Waals surface area contributed by atoms with Crippen LogP contribution in [-0.2, 0) is 22.8 Å². The summed E-state index contributed by atoms with van der Waals surface area (Å²) in [7, 11) is 1.69. The fourth-order valence-electron chi connectivity index (χ4n) is 8.67. The van der Waals surface area contributed by atoms with Gasteiger partial charge in [0.2, 0.25) is 0 Å². The molecule has 2 aromatic heterocycles. The molecule has 0 unspecified atom stereocenters. The maximum Gasteiger partial charge on any atom is 0.434 e. The van der Waals surface area contributed by atoms with E-state index >= 15 is 0 Å². The van der Waals surface area contributed by atoms with Crippen LogP contribution in [0, 0.1) is 29.6 Å². The largest absolute Gasteiger partial charge is 0.494 e. The van der Waals surface area contributed by atoms with Crippen LogP contribution in [0.2, 0.25) is 0 Å². The lowest BCUT2D eigenvalue weighted by molar-refractivity contribution is -0.163. The summed E-state index contributed by atoms with van der Waals surface area (Å²) in [6.07, 6.45) is 1.71. The first-order valence-corrected chi connectivity index (χ1v) is 15.8. The molecule has 3 aromatic rings. The molecule has 1 saturated heterocycles. The normalized spacial score (nSPS) is 28.0. The van der Waals surface area contributed by atoms with Gasteiger partial charge in [-0.2, -0.15) is 18.3 Å². The second-order valence-corrected chi connectivity index (χ2v) is 13.4. The van der Waals surface area contributed by atoms with E-state index in [1.165, 1.54) is 6.07 Å². The Morgan fingerprint density at radius 3 is 2.40 bits per heavy atom. The number of hydrogen-bond acceptors (Lipinski definition) is 6. The van der Waals surface area contributed by atoms with E-state index in [-0.39, 0.29) is 23.2 Å². The maximum absolute atomic E-state index is 14.4. The predicted molar refractivity (Wildman–Crippen MR) is 157 cm³/mol. The number of nitrogens with zero attached hydrogens (tertiary/aromatic N) is 3. The lowest BCUT2D eigenvalue weighted by atomic mass is 9.48. The summed E-state index contributed by atoms with van der Waals surface area (Å²) in [6.45, 7) is 2.09. The Morgan fingerprint density at radius 2 is 1.76 bits per heavy atom. The van der Waals surface area contributed by atoms with Gasteiger partial charge in [0.25, 0.3) is 5.91 Å². The third-order valence-electron chi connectivity index (χ3n) is 10.7. The van der Waals surface area contributed by atoms with Gasteiger partial charge in [-0.15, -0.1) is 0 Å². The zero-order valence-corrected chi connectivity index (χ0v) is 25.1. The molecule has 240 valence electrons. The summed E-state index contributed by atoms with van der Waals surface area (Å²) in [4.78, 5) is 30.2. The lowest BCUT2D eigenvalue weighted by Gasteiger charge is -2.59. The predicted octanol–water partition coefficient (Wildman–Crippen LogP) is 5.86. The van der Waals surface area contributed by atoms with Crippen LogP contribution < -0.4 is 10.1 Å². The van der Waals surface area contributed by atoms with Crippen molar-refractivity contribution in [3.05, 3.63) is 41.6 Å². The fraction of sp³-hybridized carbons (Fsp3) is 0.576. The standard InChI is InChI=1S/C33H37F3N4O5/c1-40-27-17-23(45-11-8-18-6-9-44-10-7-18)2-3-24(27)28(39-40)26-5-4-25(29(37-26)33(34,35)36)30(41)38-32(31(42)43)21-13-19-12-20(15-21)16-22(32)14-19/h2-5,17-22H,6-16H2,1H3,(H,38,41)(H,42,43). The Balaban J connectivity index is 1.15. The van der Waals surface area contributed by atoms with E-state index in [0.717, 1.165) is 45.0 Å². The number of aromatic nitrogens is 3. The van der Waals surface area contributed by atoms with Crippen LogP contribution in [0.5, 0.6) is 5.75 Å². The zero-order chi connectivity index (χ0) is 31.5. The van der Waals surface area contributed by atoms with Crippen molar-refractivity contribution >= 4 is 22.8 Å². The zero-order valence-electron chi connectivity index (χ0n) is 25.1. The quantitative estimate of drug-likeness (QED) is 0.322. The summed E-state index contributed by atoms with van der Waals surface area (Å²) < 4.78 is 56.3. The number of aliphatic carboxylic acids is 1. The number of carbonyl (C=O) groups excluding carboxylic acids is 1. The molecule has 4 saturated carbocycles. The molecule has 0 radical (unpaired) electrons. The number of amides is 1. The van der Waals surface area contributed by atoms with Gasteiger partial charge in [-0.3, -0.25) is 9.48 Å². The van der Waals surface area contributed by atoms with Gasteiger partial charge in [-0.1, -0.05) is 0 Å². The van der Waals surface area contributed by atoms with Crippen LogP contribution in [0.3, 0.4) is 0 Å². The van der Waals surface area contributed by atoms with Crippen molar-refractivity contribution in [2.45, 2.75) is 63.1 Å². The van der Waals surface area contributed by atoms with E-state index < -0.39 is 34.8 Å². The Kier molecular flexibility index (Phi) is 7.53. The number of hydrogen-bond donors (Lipinski definition) is 2. The van der Waals surface area contributed by atoms with Crippen molar-refractivity contribution in [1.82, 2.24) is 20.1 Å². The summed E-state index contributed by atoms with van der Waals surface area (Å²) >= 11 is 0. The minimum Gasteiger partial charge on any atom is -0.494 e. The number of fused-ring (bicyclic) bond motifs is 1. The third kappa shape index (κ3) is 5.34. The monoisotopic (exact) mass is 626 g/mol. The first-order valence-electron chi connectivity index (χ1n) is 15.8. The molecule has 1 aliphatic heterocycles. The molecule has 4 bridgehead atoms. The van der Waals surface area contributed by atoms with Gasteiger partial charge < -0.3 is 19.9 Å². The molecule has 1 amide bonds. The van der Waals surface area contributed by atoms with Crippen LogP contribution >= 0.6 is 0 Å². The number of alkyl halides is 3. The summed E-state index contributed by atoms with van der Waals surface area (Å²) in [6, 6.07) is 7.74. The van der Waals surface area contributed by atoms with Crippen molar-refractivity contribution in [2.24, 2.45) is 36.6 Å². The molecule has 5 fully saturated rings. The number of pyridine rings is 1. The number of ether oxygens (including phenoxy) is 2. The highest BCUT2D eigenvalue weighted by molar-refractivity contribution is 6.00. The number of carboxylic acid groups (broad SMARTS) is 1. The molecular formula is C33H37F3N4O5. The number of rotatable bonds is 8. The molecule has 12 heteroatoms. The van der Waals surface area contributed by atoms with Crippen molar-refractivity contribution in [2.75, 3.05) is 19.8 Å². The average Bonchev–Trinajstić information content (AvgIpc) is 3.33. The molecule has 45 heavy (non-hydrogen) atoms. The Labute approximate surface area is 258 Å². The van der Waals surface area contributed by atoms with Crippen molar-refractivity contribution in [1.29, 1.82) is 0 Å². The van der Waals surface area contributed by atoms with E-state index in [0.29, 0.717) is 66.7 Å². The number of nitrogens with one attached hydrogen (secondary N) is 1. The van der Waals surface area contributed by atoms with Gasteiger partial charge in [-0.05, 0) is 105 Å². The summed E-state index contributed by atoms with van der Waals surface area (Å²) in [5.74, 6) is -0.809. The smallest absolute Gasteiger partial charge is 0.434 e. The first kappa shape index (κ1) is 30.0. The molecule has 3 heterocycles. The molecule has 4 aliphatic carbocycles. The minimum absolute atomic E-state index is 0.0415. The van der Waals surface area contributed by atoms with Gasteiger partial charge >= 0.3 is 12.1 Å². The Bertz CT molecular complexity index is 1600. The van der Waals surface area contributed by atoms with Crippen LogP contribution in [0.25, 0.3) is 22.3 Å². The molecule has 1 aromatic carbocycles. The van der Waals surface area contributed by atoms with E-state index in [1.807, 2.05) is 0 Å². The lowest BCUT2D eigenvalue weighted by Crippen LogP contribution is -2.70. The molecule has 8 rings (SSSR count). The van der Waals surface area contributed by atoms with E-state index in [9.17, 15) is 27.9 Å². The molecule has 5 aliphatic rings. The summed E-state index contributed by atoms with van der Waals surface area (Å²) in [5.41, 5.74) is -2.78. The molecular weight excluding hydrogens is 589 g/mol.